The largest absolute Gasteiger partial charge is 0.489 e. The first-order chi connectivity index (χ1) is 22.2. The highest BCUT2D eigenvalue weighted by Crippen LogP contribution is 2.28. The molecule has 46 heavy (non-hydrogen) atoms. The van der Waals surface area contributed by atoms with Crippen molar-refractivity contribution in [2.45, 2.75) is 61.4 Å². The van der Waals surface area contributed by atoms with Gasteiger partial charge in [-0.25, -0.2) is 0 Å². The van der Waals surface area contributed by atoms with Gasteiger partial charge < -0.3 is 56.3 Å². The Kier molecular flexibility index (Phi) is 10.9. The molecule has 11 heteroatoms. The van der Waals surface area contributed by atoms with Crippen LogP contribution in [-0.2, 0) is 4.74 Å². The highest BCUT2D eigenvalue weighted by Gasteiger charge is 2.44. The second-order valence-electron chi connectivity index (χ2n) is 11.4. The Morgan fingerprint density at radius 2 is 1.15 bits per heavy atom. The fraction of sp³-hybridized carbons (Fsp3) is 0.371. The van der Waals surface area contributed by atoms with Crippen LogP contribution in [0.2, 0.25) is 0 Å². The third-order valence-corrected chi connectivity index (χ3v) is 8.15. The van der Waals surface area contributed by atoms with E-state index in [4.69, 9.17) is 25.7 Å². The van der Waals surface area contributed by atoms with Gasteiger partial charge in [-0.05, 0) is 67.1 Å². The molecule has 0 spiro atoms. The Labute approximate surface area is 267 Å². The molecule has 10 N–H and O–H groups in total. The zero-order valence-corrected chi connectivity index (χ0v) is 24.9. The smallest absolute Gasteiger partial charge is 0.218 e. The maximum atomic E-state index is 10.2. The molecule has 0 bridgehead atoms. The van der Waals surface area contributed by atoms with Gasteiger partial charge in [0.1, 0.15) is 35.9 Å². The number of aliphatic hydroxyl groups is 6. The maximum Gasteiger partial charge on any atom is 0.218 e. The van der Waals surface area contributed by atoms with Crippen molar-refractivity contribution in [1.82, 2.24) is 0 Å². The van der Waals surface area contributed by atoms with E-state index in [0.29, 0.717) is 29.0 Å². The molecule has 0 aromatic heterocycles. The zero-order valence-electron chi connectivity index (χ0n) is 24.9. The Hall–Kier alpha value is -3.98. The number of hydrogen-bond acceptors (Lipinski definition) is 11. The molecule has 2 fully saturated rings. The summed E-state index contributed by atoms with van der Waals surface area (Å²) in [5.74, 6) is 12.8. The molecule has 242 valence electrons. The number of hydrogen-bond donors (Lipinski definition) is 8. The van der Waals surface area contributed by atoms with Gasteiger partial charge in [0.25, 0.3) is 0 Å². The van der Waals surface area contributed by atoms with Gasteiger partial charge in [-0.2, -0.15) is 0 Å². The van der Waals surface area contributed by atoms with E-state index in [9.17, 15) is 30.6 Å². The summed E-state index contributed by atoms with van der Waals surface area (Å²) in [4.78, 5) is 0. The third-order valence-electron chi connectivity index (χ3n) is 8.15. The number of ether oxygens (including phenoxy) is 3. The number of aliphatic hydroxyl groups excluding tert-OH is 6. The molecule has 2 aliphatic rings. The average Bonchev–Trinajstić information content (AvgIpc) is 3.07. The molecule has 3 aromatic rings. The fourth-order valence-corrected chi connectivity index (χ4v) is 5.37. The number of rotatable bonds is 6. The lowest BCUT2D eigenvalue weighted by Crippen LogP contribution is -2.63. The van der Waals surface area contributed by atoms with E-state index in [1.165, 1.54) is 0 Å². The number of nitrogens with two attached hydrogens (primary N) is 2. The van der Waals surface area contributed by atoms with Crippen molar-refractivity contribution in [3.05, 3.63) is 95.1 Å². The maximum absolute atomic E-state index is 10.2. The van der Waals surface area contributed by atoms with Crippen LogP contribution in [0.1, 0.15) is 28.7 Å². The van der Waals surface area contributed by atoms with Crippen LogP contribution < -0.4 is 20.9 Å². The van der Waals surface area contributed by atoms with Crippen molar-refractivity contribution in [3.63, 3.8) is 0 Å². The minimum Gasteiger partial charge on any atom is -0.489 e. The number of benzene rings is 3. The molecule has 1 saturated heterocycles. The first kappa shape index (κ1) is 33.4. The Balaban J connectivity index is 1.20. The Morgan fingerprint density at radius 1 is 0.630 bits per heavy atom. The second-order valence-corrected chi connectivity index (χ2v) is 11.4. The molecule has 11 nitrogen and oxygen atoms in total. The van der Waals surface area contributed by atoms with Crippen molar-refractivity contribution in [1.29, 1.82) is 0 Å². The monoisotopic (exact) mass is 630 g/mol. The van der Waals surface area contributed by atoms with Crippen LogP contribution in [0.3, 0.4) is 0 Å². The third kappa shape index (κ3) is 7.86. The van der Waals surface area contributed by atoms with E-state index < -0.39 is 67.5 Å². The minimum atomic E-state index is -1.32. The van der Waals surface area contributed by atoms with E-state index >= 15 is 0 Å². The van der Waals surface area contributed by atoms with Gasteiger partial charge in [0.05, 0.1) is 30.9 Å². The van der Waals surface area contributed by atoms with Gasteiger partial charge in [-0.3, -0.25) is 0 Å². The molecule has 0 unspecified atom stereocenters. The normalized spacial score (nSPS) is 30.7. The summed E-state index contributed by atoms with van der Waals surface area (Å²) in [7, 11) is 0. The van der Waals surface area contributed by atoms with Crippen molar-refractivity contribution in [2.75, 3.05) is 13.2 Å². The van der Waals surface area contributed by atoms with Gasteiger partial charge in [-0.1, -0.05) is 35.8 Å². The van der Waals surface area contributed by atoms with Crippen molar-refractivity contribution >= 4 is 0 Å². The van der Waals surface area contributed by atoms with E-state index in [1.807, 2.05) is 36.4 Å². The van der Waals surface area contributed by atoms with E-state index in [0.717, 1.165) is 11.1 Å². The predicted molar refractivity (Wildman–Crippen MR) is 167 cm³/mol. The molecular formula is C35H38N2O9. The first-order valence-electron chi connectivity index (χ1n) is 14.9. The lowest BCUT2D eigenvalue weighted by Gasteiger charge is -2.40. The highest BCUT2D eigenvalue weighted by atomic mass is 16.7. The molecule has 1 heterocycles. The van der Waals surface area contributed by atoms with Crippen molar-refractivity contribution < 1.29 is 44.8 Å². The summed E-state index contributed by atoms with van der Waals surface area (Å²) >= 11 is 0. The molecule has 0 amide bonds. The van der Waals surface area contributed by atoms with Gasteiger partial charge in [0, 0.05) is 34.8 Å². The SMILES string of the molecule is N[C@@H]1[C@@H](O)[C@H](O)[C@@H](CO)C[C@H]1Oc1cccc(C#Cc2ccc(C#Cc3cccc(O[C@@H]4O[C@H](CO)[C@@H](O)[C@H](O)[C@H]4N)c3)cc2)c1. The second kappa shape index (κ2) is 15.1. The van der Waals surface area contributed by atoms with Gasteiger partial charge in [0.15, 0.2) is 0 Å². The van der Waals surface area contributed by atoms with E-state index in [-0.39, 0.29) is 6.61 Å². The average molecular weight is 631 g/mol. The predicted octanol–water partition coefficient (Wildman–Crippen LogP) is -0.560. The fourth-order valence-electron chi connectivity index (χ4n) is 5.37. The zero-order chi connectivity index (χ0) is 32.8. The summed E-state index contributed by atoms with van der Waals surface area (Å²) in [6.07, 6.45) is -7.28. The van der Waals surface area contributed by atoms with E-state index in [1.54, 1.807) is 36.4 Å². The van der Waals surface area contributed by atoms with Crippen LogP contribution in [0, 0.1) is 29.6 Å². The topological polar surface area (TPSA) is 201 Å². The lowest BCUT2D eigenvalue weighted by molar-refractivity contribution is -0.239. The van der Waals surface area contributed by atoms with Crippen molar-refractivity contribution in [3.8, 4) is 35.2 Å². The van der Waals surface area contributed by atoms with Gasteiger partial charge in [0.2, 0.25) is 6.29 Å². The molecule has 1 saturated carbocycles. The molecule has 10 atom stereocenters. The minimum absolute atomic E-state index is 0.277. The summed E-state index contributed by atoms with van der Waals surface area (Å²) in [6, 6.07) is 19.8. The van der Waals surface area contributed by atoms with Crippen LogP contribution >= 0.6 is 0 Å². The molecule has 0 radical (unpaired) electrons. The first-order valence-corrected chi connectivity index (χ1v) is 14.9. The molecule has 1 aliphatic heterocycles. The summed E-state index contributed by atoms with van der Waals surface area (Å²) in [5, 5.41) is 59.5. The van der Waals surface area contributed by atoms with Gasteiger partial charge in [-0.15, -0.1) is 0 Å². The van der Waals surface area contributed by atoms with Crippen LogP contribution in [0.4, 0.5) is 0 Å². The summed E-state index contributed by atoms with van der Waals surface area (Å²) in [5.41, 5.74) is 15.0. The van der Waals surface area contributed by atoms with Crippen LogP contribution in [0.15, 0.2) is 72.8 Å². The van der Waals surface area contributed by atoms with Gasteiger partial charge >= 0.3 is 0 Å². The molecule has 5 rings (SSSR count). The quantitative estimate of drug-likeness (QED) is 0.162. The van der Waals surface area contributed by atoms with Crippen LogP contribution in [0.5, 0.6) is 11.5 Å². The van der Waals surface area contributed by atoms with E-state index in [2.05, 4.69) is 23.7 Å². The lowest BCUT2D eigenvalue weighted by atomic mass is 9.80. The Bertz CT molecular complexity index is 1470. The van der Waals surface area contributed by atoms with Crippen LogP contribution in [0.25, 0.3) is 0 Å². The molecular weight excluding hydrogens is 592 g/mol. The van der Waals surface area contributed by atoms with Crippen LogP contribution in [-0.4, -0.2) is 98.9 Å². The highest BCUT2D eigenvalue weighted by molar-refractivity contribution is 5.49. The molecule has 3 aromatic carbocycles. The summed E-state index contributed by atoms with van der Waals surface area (Å²) < 4.78 is 17.4. The standard InChI is InChI=1S/C35H38N2O9/c36-29-27(17-24(18-38)31(40)33(29)42)44-25-5-1-3-22(15-25)13-11-20-7-9-21(10-8-20)12-14-23-4-2-6-26(16-23)45-35-30(37)34(43)32(41)28(19-39)46-35/h1-10,15-16,24,27-35,38-43H,17-19,36-37H2/t24-,27-,28-,29+,30-,31-,32-,33-,34-,35-/m1/s1. The Morgan fingerprint density at radius 3 is 1.70 bits per heavy atom. The summed E-state index contributed by atoms with van der Waals surface area (Å²) in [6.45, 7) is -0.771. The molecule has 1 aliphatic carbocycles. The van der Waals surface area contributed by atoms with Crippen molar-refractivity contribution in [2.24, 2.45) is 17.4 Å².